The lowest BCUT2D eigenvalue weighted by molar-refractivity contribution is -0.706. The van der Waals surface area contributed by atoms with Gasteiger partial charge in [-0.3, -0.25) is 0 Å². The Hall–Kier alpha value is -1.75. The first-order valence-electron chi connectivity index (χ1n) is 7.38. The number of carbonyl (C=O) groups is 1. The van der Waals surface area contributed by atoms with Crippen LogP contribution in [-0.4, -0.2) is 32.9 Å². The summed E-state index contributed by atoms with van der Waals surface area (Å²) in [5.74, 6) is 0. The molecule has 0 aliphatic carbocycles. The topological polar surface area (TPSA) is 47.2 Å². The first kappa shape index (κ1) is 14.7. The van der Waals surface area contributed by atoms with E-state index in [2.05, 4.69) is 23.8 Å². The Bertz CT molecular complexity index is 530. The maximum atomic E-state index is 12.9. The van der Waals surface area contributed by atoms with E-state index in [4.69, 9.17) is 0 Å². The minimum absolute atomic E-state index is 0.00306. The van der Waals surface area contributed by atoms with Gasteiger partial charge in [0.1, 0.15) is 17.7 Å². The number of aromatic nitrogens is 2. The highest BCUT2D eigenvalue weighted by molar-refractivity contribution is 5.80. The van der Waals surface area contributed by atoms with Crippen LogP contribution in [0.5, 0.6) is 0 Å². The molecule has 0 N–H and O–H groups in total. The molecule has 0 radical (unpaired) electrons. The van der Waals surface area contributed by atoms with Gasteiger partial charge in [0.2, 0.25) is 6.34 Å². The summed E-state index contributed by atoms with van der Waals surface area (Å²) in [6.45, 7) is 7.00. The van der Waals surface area contributed by atoms with Gasteiger partial charge in [0.15, 0.2) is 0 Å². The Morgan fingerprint density at radius 3 is 2.55 bits per heavy atom. The molecule has 1 aliphatic rings. The van der Waals surface area contributed by atoms with Crippen LogP contribution in [0.3, 0.4) is 0 Å². The van der Waals surface area contributed by atoms with E-state index >= 15 is 0 Å². The summed E-state index contributed by atoms with van der Waals surface area (Å²) in [5.41, 5.74) is 2.24. The number of hydrogen-bond donors (Lipinski definition) is 0. The zero-order valence-corrected chi connectivity index (χ0v) is 12.5. The molecule has 20 heavy (non-hydrogen) atoms. The van der Waals surface area contributed by atoms with Crippen LogP contribution in [0.1, 0.15) is 46.5 Å². The van der Waals surface area contributed by atoms with Crippen molar-refractivity contribution in [3.8, 4) is 0 Å². The number of carbonyl (C=O) groups excluding carboxylic acids is 1. The number of rotatable bonds is 5. The van der Waals surface area contributed by atoms with E-state index in [1.54, 1.807) is 29.6 Å². The second-order valence-electron chi connectivity index (χ2n) is 5.08. The smallest absolute Gasteiger partial charge is 0.245 e. The molecule has 1 atom stereocenters. The third-order valence-corrected chi connectivity index (χ3v) is 3.76. The van der Waals surface area contributed by atoms with Gasteiger partial charge in [-0.15, -0.1) is 0 Å². The summed E-state index contributed by atoms with van der Waals surface area (Å²) < 4.78 is 1.76. The normalized spacial score (nSPS) is 21.8. The van der Waals surface area contributed by atoms with Gasteiger partial charge in [0, 0.05) is 18.8 Å². The van der Waals surface area contributed by atoms with Crippen LogP contribution in [-0.2, 0) is 0 Å². The van der Waals surface area contributed by atoms with E-state index in [0.29, 0.717) is 6.54 Å². The molecule has 0 fully saturated rings. The largest absolute Gasteiger partial charge is 0.439 e. The zero-order chi connectivity index (χ0) is 14.6. The molecule has 1 amide bonds. The highest BCUT2D eigenvalue weighted by atomic mass is 16.2. The molecule has 0 saturated heterocycles. The van der Waals surface area contributed by atoms with Crippen molar-refractivity contribution in [2.75, 3.05) is 6.54 Å². The van der Waals surface area contributed by atoms with Crippen LogP contribution >= 0.6 is 0 Å². The summed E-state index contributed by atoms with van der Waals surface area (Å²) in [4.78, 5) is 21.4. The van der Waals surface area contributed by atoms with Crippen molar-refractivity contribution in [2.45, 2.75) is 46.5 Å². The van der Waals surface area contributed by atoms with E-state index in [-0.39, 0.29) is 10.5 Å². The van der Waals surface area contributed by atoms with Gasteiger partial charge >= 0.3 is 6.03 Å². The van der Waals surface area contributed by atoms with E-state index in [1.807, 2.05) is 6.92 Å². The molecule has 1 aliphatic heterocycles. The third-order valence-electron chi connectivity index (χ3n) is 3.76. The minimum atomic E-state index is 0.00306. The molecule has 1 aromatic heterocycles. The molecule has 0 bridgehead atoms. The van der Waals surface area contributed by atoms with Gasteiger partial charge in [-0.1, -0.05) is 20.3 Å². The first-order chi connectivity index (χ1) is 9.69. The van der Waals surface area contributed by atoms with Gasteiger partial charge in [-0.2, -0.15) is 4.48 Å². The number of aliphatic imine (C=N–C) groups is 1. The quantitative estimate of drug-likeness (QED) is 0.772. The highest BCUT2D eigenvalue weighted by Gasteiger charge is 2.44. The molecular formula is C15H23N4O+. The van der Waals surface area contributed by atoms with E-state index in [9.17, 15) is 4.79 Å². The number of allylic oxidation sites excluding steroid dienone is 2. The molecule has 2 rings (SSSR count). The van der Waals surface area contributed by atoms with Crippen LogP contribution in [0, 0.1) is 0 Å². The zero-order valence-electron chi connectivity index (χ0n) is 12.5. The number of nitrogens with zero attached hydrogens (tertiary/aromatic N) is 4. The predicted molar refractivity (Wildman–Crippen MR) is 79.2 cm³/mol. The van der Waals surface area contributed by atoms with Gasteiger partial charge in [-0.05, 0) is 19.8 Å². The van der Waals surface area contributed by atoms with Crippen LogP contribution in [0.15, 0.2) is 35.1 Å². The summed E-state index contributed by atoms with van der Waals surface area (Å²) in [6.07, 6.45) is 10.6. The monoisotopic (exact) mass is 275 g/mol. The van der Waals surface area contributed by atoms with Gasteiger partial charge in [0.05, 0.1) is 6.54 Å². The number of quaternary nitrogens is 1. The fourth-order valence-corrected chi connectivity index (χ4v) is 2.72. The van der Waals surface area contributed by atoms with E-state index in [1.165, 1.54) is 0 Å². The average Bonchev–Trinajstić information content (AvgIpc) is 3.09. The Balaban J connectivity index is 2.44. The Labute approximate surface area is 120 Å². The second kappa shape index (κ2) is 6.13. The SMILES string of the molecule is CCCC1=C(CCC)[N+](CC)(C(=O)n2ccnc2)C=N1. The molecular weight excluding hydrogens is 252 g/mol. The molecule has 1 unspecified atom stereocenters. The van der Waals surface area contributed by atoms with Crippen LogP contribution in [0.25, 0.3) is 0 Å². The van der Waals surface area contributed by atoms with Crippen molar-refractivity contribution in [3.05, 3.63) is 30.1 Å². The minimum Gasteiger partial charge on any atom is -0.245 e. The molecule has 0 saturated carbocycles. The van der Waals surface area contributed by atoms with Crippen molar-refractivity contribution in [2.24, 2.45) is 4.99 Å². The standard InChI is InChI=1S/C15H23N4O/c1-4-7-13-14(8-5-2)19(6-3,12-17-13)15(20)18-10-9-16-11-18/h9-12H,4-8H2,1-3H3/q+1. The predicted octanol–water partition coefficient (Wildman–Crippen LogP) is 3.54. The first-order valence-corrected chi connectivity index (χ1v) is 7.38. The van der Waals surface area contributed by atoms with Gasteiger partial charge in [0.25, 0.3) is 0 Å². The lowest BCUT2D eigenvalue weighted by Gasteiger charge is -2.28. The molecule has 2 heterocycles. The van der Waals surface area contributed by atoms with Crippen molar-refractivity contribution in [3.63, 3.8) is 0 Å². The summed E-state index contributed by atoms with van der Waals surface area (Å²) in [5, 5.41) is 0. The van der Waals surface area contributed by atoms with Crippen molar-refractivity contribution in [1.82, 2.24) is 9.55 Å². The lowest BCUT2D eigenvalue weighted by atomic mass is 10.1. The second-order valence-corrected chi connectivity index (χ2v) is 5.08. The fourth-order valence-electron chi connectivity index (χ4n) is 2.72. The molecule has 0 spiro atoms. The maximum absolute atomic E-state index is 12.9. The molecule has 0 aromatic carbocycles. The van der Waals surface area contributed by atoms with Crippen LogP contribution in [0.4, 0.5) is 4.79 Å². The molecule has 5 nitrogen and oxygen atoms in total. The van der Waals surface area contributed by atoms with E-state index < -0.39 is 0 Å². The van der Waals surface area contributed by atoms with Crippen LogP contribution < -0.4 is 0 Å². The number of amides is 1. The van der Waals surface area contributed by atoms with Gasteiger partial charge < -0.3 is 0 Å². The van der Waals surface area contributed by atoms with Crippen molar-refractivity contribution >= 4 is 12.4 Å². The number of imidazole rings is 1. The third kappa shape index (κ3) is 2.33. The summed E-state index contributed by atoms with van der Waals surface area (Å²) in [7, 11) is 0. The average molecular weight is 275 g/mol. The number of hydrogen-bond acceptors (Lipinski definition) is 3. The Kier molecular flexibility index (Phi) is 4.49. The molecule has 5 heteroatoms. The summed E-state index contributed by atoms with van der Waals surface area (Å²) >= 11 is 0. The fraction of sp³-hybridized carbons (Fsp3) is 0.533. The maximum Gasteiger partial charge on any atom is 0.439 e. The molecule has 108 valence electrons. The Morgan fingerprint density at radius 2 is 2.00 bits per heavy atom. The van der Waals surface area contributed by atoms with Crippen molar-refractivity contribution < 1.29 is 9.28 Å². The molecule has 1 aromatic rings. The van der Waals surface area contributed by atoms with Crippen LogP contribution in [0.2, 0.25) is 0 Å². The van der Waals surface area contributed by atoms with Gasteiger partial charge in [-0.25, -0.2) is 19.3 Å². The highest BCUT2D eigenvalue weighted by Crippen LogP contribution is 2.32. The lowest BCUT2D eigenvalue weighted by Crippen LogP contribution is -2.51. The van der Waals surface area contributed by atoms with Crippen molar-refractivity contribution in [1.29, 1.82) is 0 Å². The Morgan fingerprint density at radius 1 is 1.25 bits per heavy atom. The van der Waals surface area contributed by atoms with E-state index in [0.717, 1.165) is 37.1 Å². The summed E-state index contributed by atoms with van der Waals surface area (Å²) in [6, 6.07) is 0.00306.